The first kappa shape index (κ1) is 30.5. The van der Waals surface area contributed by atoms with Gasteiger partial charge in [0, 0.05) is 0 Å². The van der Waals surface area contributed by atoms with Crippen molar-refractivity contribution in [3.8, 4) is 0 Å². The molecule has 14 heteroatoms. The Hall–Kier alpha value is -2.71. The summed E-state index contributed by atoms with van der Waals surface area (Å²) in [6, 6.07) is 30.4. The van der Waals surface area contributed by atoms with Crippen LogP contribution < -0.4 is 0 Å². The maximum atomic E-state index is 12.2. The molecule has 0 aliphatic heterocycles. The van der Waals surface area contributed by atoms with E-state index < -0.39 is 33.4 Å². The lowest BCUT2D eigenvalue weighted by Gasteiger charge is -2.34. The van der Waals surface area contributed by atoms with E-state index in [9.17, 15) is 52.5 Å². The average Bonchev–Trinajstić information content (AvgIpc) is 2.81. The second-order valence-corrected chi connectivity index (χ2v) is 10.8. The van der Waals surface area contributed by atoms with Crippen molar-refractivity contribution in [1.82, 2.24) is 0 Å². The second-order valence-electron chi connectivity index (χ2n) is 7.36. The highest BCUT2D eigenvalue weighted by molar-refractivity contribution is 7.97. The van der Waals surface area contributed by atoms with Crippen LogP contribution in [0.5, 0.6) is 0 Å². The number of rotatable bonds is 6. The average molecular weight is 577 g/mol. The molecule has 0 amide bonds. The van der Waals surface area contributed by atoms with Crippen LogP contribution >= 0.6 is 0 Å². The van der Waals surface area contributed by atoms with Crippen LogP contribution in [0.1, 0.15) is 5.56 Å². The molecule has 3 aromatic rings. The van der Waals surface area contributed by atoms with E-state index in [2.05, 4.69) is 91.9 Å². The summed E-state index contributed by atoms with van der Waals surface area (Å²) in [6.45, 7) is 2.13. The highest BCUT2D eigenvalue weighted by atomic mass is 32.2. The second kappa shape index (κ2) is 11.0. The lowest BCUT2D eigenvalue weighted by atomic mass is 10.1. The van der Waals surface area contributed by atoms with E-state index in [0.29, 0.717) is 0 Å². The van der Waals surface area contributed by atoms with Crippen molar-refractivity contribution in [3.05, 3.63) is 90.5 Å². The molecule has 3 rings (SSSR count). The molecule has 0 atom stereocenters. The molecule has 0 bridgehead atoms. The number of hydrogen-bond donors (Lipinski definition) is 0. The highest BCUT2D eigenvalue weighted by Gasteiger charge is 2.83. The Balaban J connectivity index is 0.000000265. The smallest absolute Gasteiger partial charge is 0.460 e. The van der Waals surface area contributed by atoms with E-state index in [1.165, 1.54) is 20.2 Å². The molecule has 0 N–H and O–H groups in total. The molecular formula is C23H17F9O3S2. The highest BCUT2D eigenvalue weighted by Crippen LogP contribution is 2.54. The molecule has 0 aliphatic rings. The van der Waals surface area contributed by atoms with Crippen molar-refractivity contribution in [3.63, 3.8) is 0 Å². The molecule has 3 aromatic carbocycles. The quantitative estimate of drug-likeness (QED) is 0.180. The van der Waals surface area contributed by atoms with Crippen LogP contribution in [0.2, 0.25) is 0 Å². The van der Waals surface area contributed by atoms with Gasteiger partial charge >= 0.3 is 23.3 Å². The molecule has 202 valence electrons. The fraction of sp³-hybridized carbons (Fsp3) is 0.217. The molecule has 0 saturated heterocycles. The molecule has 0 unspecified atom stereocenters. The van der Waals surface area contributed by atoms with Crippen molar-refractivity contribution >= 4 is 21.0 Å². The zero-order valence-electron chi connectivity index (χ0n) is 18.5. The first-order valence-corrected chi connectivity index (χ1v) is 12.5. The maximum Gasteiger partial charge on any atom is 0.460 e. The summed E-state index contributed by atoms with van der Waals surface area (Å²) in [5, 5.41) is -7.11. The fourth-order valence-corrected chi connectivity index (χ4v) is 5.24. The Morgan fingerprint density at radius 2 is 0.946 bits per heavy atom. The predicted molar refractivity (Wildman–Crippen MR) is 117 cm³/mol. The summed E-state index contributed by atoms with van der Waals surface area (Å²) in [5.41, 5.74) is 1.30. The Morgan fingerprint density at radius 1 is 0.595 bits per heavy atom. The van der Waals surface area contributed by atoms with Crippen molar-refractivity contribution in [1.29, 1.82) is 0 Å². The van der Waals surface area contributed by atoms with Gasteiger partial charge in [-0.2, -0.15) is 39.5 Å². The SMILES string of the molecule is Cc1ccc([S+](c2ccccc2)c2ccccc2)cc1.O=S(=O)([O-])C(F)(F)C(F)(F)C(F)(F)C(F)(F)F. The lowest BCUT2D eigenvalue weighted by molar-refractivity contribution is -0.382. The minimum Gasteiger partial charge on any atom is -0.743 e. The first-order valence-electron chi connectivity index (χ1n) is 9.91. The van der Waals surface area contributed by atoms with Gasteiger partial charge in [-0.25, -0.2) is 8.42 Å². The normalized spacial score (nSPS) is 13.2. The third-order valence-corrected chi connectivity index (χ3v) is 7.76. The molecule has 0 heterocycles. The Kier molecular flexibility index (Phi) is 9.03. The van der Waals surface area contributed by atoms with Crippen molar-refractivity contribution in [2.45, 2.75) is 44.9 Å². The van der Waals surface area contributed by atoms with Crippen LogP contribution in [0.25, 0.3) is 0 Å². The standard InChI is InChI=1S/C19H17S.C4HF9O3S/c1-16-12-14-19(15-13-16)20(17-8-4-2-5-9-17)18-10-6-3-7-11-18;5-1(6,3(9,10)11)2(7,8)4(12,13)17(14,15)16/h2-15H,1H3;(H,14,15,16)/q+1;/p-1. The minimum absolute atomic E-state index is 0.0229. The van der Waals surface area contributed by atoms with Gasteiger partial charge in [-0.1, -0.05) is 54.1 Å². The third-order valence-electron chi connectivity index (χ3n) is 4.64. The number of aryl methyl sites for hydroxylation is 1. The van der Waals surface area contributed by atoms with Gasteiger partial charge in [0.15, 0.2) is 24.8 Å². The van der Waals surface area contributed by atoms with Crippen LogP contribution in [0, 0.1) is 6.92 Å². The van der Waals surface area contributed by atoms with Gasteiger partial charge in [0.05, 0.1) is 10.9 Å². The number of alkyl halides is 9. The van der Waals surface area contributed by atoms with Gasteiger partial charge in [0.25, 0.3) is 0 Å². The first-order chi connectivity index (χ1) is 16.8. The van der Waals surface area contributed by atoms with E-state index in [0.717, 1.165) is 0 Å². The molecule has 0 spiro atoms. The van der Waals surface area contributed by atoms with Gasteiger partial charge < -0.3 is 4.55 Å². The van der Waals surface area contributed by atoms with E-state index in [-0.39, 0.29) is 10.9 Å². The molecule has 0 aromatic heterocycles. The minimum atomic E-state index is -7.43. The van der Waals surface area contributed by atoms with Gasteiger partial charge in [-0.05, 0) is 43.3 Å². The van der Waals surface area contributed by atoms with Crippen LogP contribution in [0.15, 0.2) is 99.6 Å². The van der Waals surface area contributed by atoms with E-state index in [1.54, 1.807) is 0 Å². The summed E-state index contributed by atoms with van der Waals surface area (Å²) < 4.78 is 135. The summed E-state index contributed by atoms with van der Waals surface area (Å²) in [5.74, 6) is -14.8. The molecule has 0 aliphatic carbocycles. The summed E-state index contributed by atoms with van der Waals surface area (Å²) in [6.07, 6.45) is -7.16. The number of halogens is 9. The Bertz CT molecular complexity index is 1220. The predicted octanol–water partition coefficient (Wildman–Crippen LogP) is 7.05. The van der Waals surface area contributed by atoms with E-state index >= 15 is 0 Å². The molecule has 0 fully saturated rings. The monoisotopic (exact) mass is 576 g/mol. The summed E-state index contributed by atoms with van der Waals surface area (Å²) in [7, 11) is -7.44. The van der Waals surface area contributed by atoms with E-state index in [1.807, 2.05) is 0 Å². The molecule has 3 nitrogen and oxygen atoms in total. The van der Waals surface area contributed by atoms with Crippen LogP contribution in [0.4, 0.5) is 39.5 Å². The van der Waals surface area contributed by atoms with Crippen LogP contribution in [-0.2, 0) is 21.0 Å². The van der Waals surface area contributed by atoms with Crippen LogP contribution in [0.3, 0.4) is 0 Å². The molecule has 0 radical (unpaired) electrons. The summed E-state index contributed by atoms with van der Waals surface area (Å²) in [4.78, 5) is 4.10. The van der Waals surface area contributed by atoms with Crippen molar-refractivity contribution in [2.24, 2.45) is 0 Å². The van der Waals surface area contributed by atoms with Crippen molar-refractivity contribution < 1.29 is 52.5 Å². The zero-order chi connectivity index (χ0) is 28.3. The third kappa shape index (κ3) is 6.41. The molecule has 37 heavy (non-hydrogen) atoms. The molecular weight excluding hydrogens is 559 g/mol. The van der Waals surface area contributed by atoms with Crippen molar-refractivity contribution in [2.75, 3.05) is 0 Å². The molecule has 0 saturated carbocycles. The van der Waals surface area contributed by atoms with Gasteiger partial charge in [0.2, 0.25) is 0 Å². The van der Waals surface area contributed by atoms with E-state index in [4.69, 9.17) is 0 Å². The summed E-state index contributed by atoms with van der Waals surface area (Å²) >= 11 is 0. The van der Waals surface area contributed by atoms with Gasteiger partial charge in [-0.15, -0.1) is 0 Å². The number of hydrogen-bond acceptors (Lipinski definition) is 3. The Morgan fingerprint density at radius 3 is 1.27 bits per heavy atom. The zero-order valence-corrected chi connectivity index (χ0v) is 20.2. The maximum absolute atomic E-state index is 12.2. The Labute approximate surface area is 209 Å². The van der Waals surface area contributed by atoms with Crippen LogP contribution in [-0.4, -0.2) is 36.2 Å². The number of benzene rings is 3. The largest absolute Gasteiger partial charge is 0.743 e. The van der Waals surface area contributed by atoms with Gasteiger partial charge in [0.1, 0.15) is 0 Å². The topological polar surface area (TPSA) is 57.2 Å². The van der Waals surface area contributed by atoms with Gasteiger partial charge in [-0.3, -0.25) is 0 Å². The fourth-order valence-electron chi connectivity index (χ4n) is 2.71. The lowest BCUT2D eigenvalue weighted by Crippen LogP contribution is -2.63.